The standard InChI is InChI=1S/C12H21ClN2O2/c1-8(2)12(9(3)4)15(11(17)6-13)7-14-10(5)16/h8H,6-7H2,1-5H3,(H,14,16). The summed E-state index contributed by atoms with van der Waals surface area (Å²) in [6, 6.07) is 0. The molecule has 1 N–H and O–H groups in total. The number of carbonyl (C=O) groups is 2. The highest BCUT2D eigenvalue weighted by atomic mass is 35.5. The lowest BCUT2D eigenvalue weighted by atomic mass is 10.0. The Morgan fingerprint density at radius 2 is 1.76 bits per heavy atom. The number of halogens is 1. The Labute approximate surface area is 108 Å². The van der Waals surface area contributed by atoms with Crippen LogP contribution in [-0.4, -0.2) is 29.3 Å². The van der Waals surface area contributed by atoms with E-state index in [1.165, 1.54) is 11.8 Å². The molecule has 0 heterocycles. The fourth-order valence-corrected chi connectivity index (χ4v) is 1.87. The van der Waals surface area contributed by atoms with Gasteiger partial charge in [-0.15, -0.1) is 11.6 Å². The predicted molar refractivity (Wildman–Crippen MR) is 69.5 cm³/mol. The lowest BCUT2D eigenvalue weighted by Crippen LogP contribution is -2.42. The maximum absolute atomic E-state index is 11.8. The van der Waals surface area contributed by atoms with Gasteiger partial charge in [0.05, 0.1) is 6.67 Å². The molecule has 0 aromatic rings. The van der Waals surface area contributed by atoms with Crippen LogP contribution in [0, 0.1) is 5.92 Å². The van der Waals surface area contributed by atoms with Crippen LogP contribution in [-0.2, 0) is 9.59 Å². The molecule has 0 fully saturated rings. The number of rotatable bonds is 5. The predicted octanol–water partition coefficient (Wildman–Crippen LogP) is 2.10. The van der Waals surface area contributed by atoms with E-state index in [1.54, 1.807) is 0 Å². The normalized spacial score (nSPS) is 10.1. The molecule has 0 aromatic carbocycles. The third-order valence-electron chi connectivity index (χ3n) is 2.25. The molecular weight excluding hydrogens is 240 g/mol. The van der Waals surface area contributed by atoms with E-state index in [9.17, 15) is 9.59 Å². The summed E-state index contributed by atoms with van der Waals surface area (Å²) in [5.74, 6) is -0.274. The number of allylic oxidation sites excluding steroid dienone is 2. The third-order valence-corrected chi connectivity index (χ3v) is 2.48. The van der Waals surface area contributed by atoms with Gasteiger partial charge in [0.1, 0.15) is 5.88 Å². The molecule has 0 unspecified atom stereocenters. The number of alkyl halides is 1. The van der Waals surface area contributed by atoms with Crippen molar-refractivity contribution in [2.24, 2.45) is 5.92 Å². The Morgan fingerprint density at radius 3 is 2.06 bits per heavy atom. The molecule has 0 rings (SSSR count). The summed E-state index contributed by atoms with van der Waals surface area (Å²) in [4.78, 5) is 24.2. The van der Waals surface area contributed by atoms with Gasteiger partial charge in [0.2, 0.25) is 11.8 Å². The summed E-state index contributed by atoms with van der Waals surface area (Å²) in [6.07, 6.45) is 0. The summed E-state index contributed by atoms with van der Waals surface area (Å²) >= 11 is 5.59. The molecule has 17 heavy (non-hydrogen) atoms. The van der Waals surface area contributed by atoms with Gasteiger partial charge >= 0.3 is 0 Å². The van der Waals surface area contributed by atoms with Crippen LogP contribution < -0.4 is 5.32 Å². The van der Waals surface area contributed by atoms with Gasteiger partial charge in [-0.05, 0) is 19.8 Å². The molecule has 0 radical (unpaired) electrons. The fourth-order valence-electron chi connectivity index (χ4n) is 1.73. The summed E-state index contributed by atoms with van der Waals surface area (Å²) < 4.78 is 0. The zero-order valence-corrected chi connectivity index (χ0v) is 11.9. The third kappa shape index (κ3) is 5.22. The summed E-state index contributed by atoms with van der Waals surface area (Å²) in [5, 5.41) is 2.62. The van der Waals surface area contributed by atoms with Crippen LogP contribution >= 0.6 is 11.6 Å². The van der Waals surface area contributed by atoms with E-state index in [0.29, 0.717) is 0 Å². The first-order valence-corrected chi connectivity index (χ1v) is 6.12. The second-order valence-corrected chi connectivity index (χ2v) is 4.65. The van der Waals surface area contributed by atoms with Crippen molar-refractivity contribution >= 4 is 23.4 Å². The van der Waals surface area contributed by atoms with E-state index >= 15 is 0 Å². The number of nitrogens with zero attached hydrogens (tertiary/aromatic N) is 1. The Morgan fingerprint density at radius 1 is 1.24 bits per heavy atom. The van der Waals surface area contributed by atoms with Crippen LogP contribution in [0.3, 0.4) is 0 Å². The highest BCUT2D eigenvalue weighted by Crippen LogP contribution is 2.19. The Hall–Kier alpha value is -1.03. The van der Waals surface area contributed by atoms with Crippen molar-refractivity contribution in [1.82, 2.24) is 10.2 Å². The van der Waals surface area contributed by atoms with Gasteiger partial charge < -0.3 is 5.32 Å². The van der Waals surface area contributed by atoms with E-state index in [2.05, 4.69) is 5.32 Å². The smallest absolute Gasteiger partial charge is 0.243 e. The number of hydrogen-bond acceptors (Lipinski definition) is 2. The van der Waals surface area contributed by atoms with Crippen LogP contribution in [0.1, 0.15) is 34.6 Å². The van der Waals surface area contributed by atoms with Gasteiger partial charge in [-0.1, -0.05) is 19.4 Å². The van der Waals surface area contributed by atoms with Crippen molar-refractivity contribution < 1.29 is 9.59 Å². The summed E-state index contributed by atoms with van der Waals surface area (Å²) in [7, 11) is 0. The molecule has 0 bridgehead atoms. The zero-order valence-electron chi connectivity index (χ0n) is 11.1. The zero-order chi connectivity index (χ0) is 13.6. The number of hydrogen-bond donors (Lipinski definition) is 1. The Kier molecular flexibility index (Phi) is 6.88. The molecule has 0 aliphatic rings. The lowest BCUT2D eigenvalue weighted by Gasteiger charge is -2.29. The molecule has 0 saturated carbocycles. The maximum Gasteiger partial charge on any atom is 0.243 e. The number of nitrogens with one attached hydrogen (secondary N) is 1. The minimum Gasteiger partial charge on any atom is -0.338 e. The van der Waals surface area contributed by atoms with E-state index in [1.807, 2.05) is 27.7 Å². The molecule has 5 heteroatoms. The van der Waals surface area contributed by atoms with Crippen LogP contribution in [0.5, 0.6) is 0 Å². The van der Waals surface area contributed by atoms with E-state index in [0.717, 1.165) is 11.3 Å². The Bertz CT molecular complexity index is 320. The van der Waals surface area contributed by atoms with Crippen LogP contribution in [0.2, 0.25) is 0 Å². The van der Waals surface area contributed by atoms with E-state index < -0.39 is 0 Å². The average molecular weight is 261 g/mol. The second kappa shape index (κ2) is 7.33. The Balaban J connectivity index is 5.08. The molecule has 0 aromatic heterocycles. The monoisotopic (exact) mass is 260 g/mol. The number of amides is 2. The first kappa shape index (κ1) is 16.0. The van der Waals surface area contributed by atoms with Crippen molar-refractivity contribution in [3.63, 3.8) is 0 Å². The van der Waals surface area contributed by atoms with Crippen molar-refractivity contribution in [3.05, 3.63) is 11.3 Å². The summed E-state index contributed by atoms with van der Waals surface area (Å²) in [5.41, 5.74) is 1.95. The SMILES string of the molecule is CC(=O)NCN(C(=O)CCl)C(=C(C)C)C(C)C. The largest absolute Gasteiger partial charge is 0.338 e. The van der Waals surface area contributed by atoms with Gasteiger partial charge in [-0.25, -0.2) is 0 Å². The van der Waals surface area contributed by atoms with E-state index in [4.69, 9.17) is 11.6 Å². The minimum atomic E-state index is -0.203. The molecule has 4 nitrogen and oxygen atoms in total. The molecule has 0 aliphatic heterocycles. The van der Waals surface area contributed by atoms with Gasteiger partial charge in [-0.2, -0.15) is 0 Å². The van der Waals surface area contributed by atoms with Crippen molar-refractivity contribution in [3.8, 4) is 0 Å². The molecular formula is C12H21ClN2O2. The van der Waals surface area contributed by atoms with Crippen LogP contribution in [0.15, 0.2) is 11.3 Å². The molecule has 98 valence electrons. The van der Waals surface area contributed by atoms with Crippen molar-refractivity contribution in [2.75, 3.05) is 12.5 Å². The molecule has 0 spiro atoms. The second-order valence-electron chi connectivity index (χ2n) is 4.39. The van der Waals surface area contributed by atoms with Gasteiger partial charge in [-0.3, -0.25) is 14.5 Å². The maximum atomic E-state index is 11.8. The molecule has 2 amide bonds. The van der Waals surface area contributed by atoms with Gasteiger partial charge in [0.15, 0.2) is 0 Å². The average Bonchev–Trinajstić information content (AvgIpc) is 2.21. The highest BCUT2D eigenvalue weighted by molar-refractivity contribution is 6.27. The first-order valence-electron chi connectivity index (χ1n) is 5.59. The lowest BCUT2D eigenvalue weighted by molar-refractivity contribution is -0.128. The van der Waals surface area contributed by atoms with Crippen molar-refractivity contribution in [2.45, 2.75) is 34.6 Å². The number of carbonyl (C=O) groups excluding carboxylic acids is 2. The van der Waals surface area contributed by atoms with Gasteiger partial charge in [0, 0.05) is 12.6 Å². The van der Waals surface area contributed by atoms with Gasteiger partial charge in [0.25, 0.3) is 0 Å². The van der Waals surface area contributed by atoms with Crippen LogP contribution in [0.4, 0.5) is 0 Å². The van der Waals surface area contributed by atoms with Crippen molar-refractivity contribution in [1.29, 1.82) is 0 Å². The first-order chi connectivity index (χ1) is 7.81. The molecule has 0 aliphatic carbocycles. The van der Waals surface area contributed by atoms with E-state index in [-0.39, 0.29) is 30.3 Å². The summed E-state index contributed by atoms with van der Waals surface area (Å²) in [6.45, 7) is 9.48. The topological polar surface area (TPSA) is 49.4 Å². The molecule has 0 saturated heterocycles. The molecule has 0 atom stereocenters. The fraction of sp³-hybridized carbons (Fsp3) is 0.667. The minimum absolute atomic E-state index is 0.0942. The highest BCUT2D eigenvalue weighted by Gasteiger charge is 2.20. The quantitative estimate of drug-likeness (QED) is 0.608. The van der Waals surface area contributed by atoms with Crippen LogP contribution in [0.25, 0.3) is 0 Å².